The van der Waals surface area contributed by atoms with Crippen LogP contribution in [0.1, 0.15) is 64.9 Å². The first kappa shape index (κ1) is 24.7. The molecule has 0 bridgehead atoms. The molecule has 1 aromatic rings. The zero-order chi connectivity index (χ0) is 20.9. The Morgan fingerprint density at radius 3 is 1.37 bits per heavy atom. The summed E-state index contributed by atoms with van der Waals surface area (Å²) in [6.07, 6.45) is 0.438. The lowest BCUT2D eigenvalue weighted by Gasteiger charge is -2.29. The van der Waals surface area contributed by atoms with Gasteiger partial charge in [0.15, 0.2) is 0 Å². The van der Waals surface area contributed by atoms with Crippen LogP contribution in [0.2, 0.25) is 0 Å². The Morgan fingerprint density at radius 2 is 1.15 bits per heavy atom. The van der Waals surface area contributed by atoms with Gasteiger partial charge in [0.25, 0.3) is 0 Å². The summed E-state index contributed by atoms with van der Waals surface area (Å²) in [6, 6.07) is 10.3. The number of carbonyl (C=O) groups excluding carboxylic acids is 4. The van der Waals surface area contributed by atoms with E-state index in [1.807, 2.05) is 18.2 Å². The highest BCUT2D eigenvalue weighted by atomic mass is 16.5. The smallest absolute Gasteiger partial charge is 0.313 e. The van der Waals surface area contributed by atoms with Gasteiger partial charge in [-0.25, -0.2) is 0 Å². The van der Waals surface area contributed by atoms with Crippen LogP contribution in [0.15, 0.2) is 30.3 Å². The Bertz CT molecular complexity index is 573. The van der Waals surface area contributed by atoms with Gasteiger partial charge in [-0.15, -0.1) is 0 Å². The minimum absolute atomic E-state index is 0.117. The molecular weight excluding hydrogens is 344 g/mol. The second kappa shape index (κ2) is 13.0. The number of esters is 1. The molecule has 5 nitrogen and oxygen atoms in total. The third kappa shape index (κ3) is 9.27. The summed E-state index contributed by atoms with van der Waals surface area (Å²) < 4.78 is 4.76. The lowest BCUT2D eigenvalue weighted by molar-refractivity contribution is -0.159. The van der Waals surface area contributed by atoms with E-state index in [4.69, 9.17) is 4.74 Å². The number of Topliss-reactive ketones (excluding diaryl/α,β-unsaturated/α-hetero) is 3. The average molecular weight is 376 g/mol. The summed E-state index contributed by atoms with van der Waals surface area (Å²) in [5.41, 5.74) is -0.00956. The van der Waals surface area contributed by atoms with Crippen LogP contribution in [-0.2, 0) is 23.9 Å². The first-order chi connectivity index (χ1) is 12.7. The molecule has 150 valence electrons. The molecule has 1 rings (SSSR count). The van der Waals surface area contributed by atoms with E-state index in [1.165, 1.54) is 12.7 Å². The topological polar surface area (TPSA) is 77.5 Å². The van der Waals surface area contributed by atoms with Gasteiger partial charge in [-0.1, -0.05) is 56.7 Å². The highest BCUT2D eigenvalue weighted by molar-refractivity contribution is 5.95. The van der Waals surface area contributed by atoms with Crippen LogP contribution in [0, 0.1) is 12.3 Å². The number of hydrogen-bond donors (Lipinski definition) is 0. The van der Waals surface area contributed by atoms with Crippen molar-refractivity contribution in [3.63, 3.8) is 0 Å². The molecule has 1 aromatic carbocycles. The minimum atomic E-state index is -1.33. The number of ether oxygens (including phenoxy) is 1. The fraction of sp³-hybridized carbons (Fsp3) is 0.545. The number of methoxy groups -OCH3 is 1. The predicted molar refractivity (Wildman–Crippen MR) is 105 cm³/mol. The lowest BCUT2D eigenvalue weighted by atomic mass is 9.73. The molecule has 0 aliphatic carbocycles. The fourth-order valence-electron chi connectivity index (χ4n) is 2.66. The van der Waals surface area contributed by atoms with E-state index < -0.39 is 11.4 Å². The molecule has 5 heteroatoms. The van der Waals surface area contributed by atoms with Crippen LogP contribution in [0.3, 0.4) is 0 Å². The van der Waals surface area contributed by atoms with Crippen molar-refractivity contribution in [3.8, 4) is 0 Å². The zero-order valence-corrected chi connectivity index (χ0v) is 17.2. The van der Waals surface area contributed by atoms with Crippen LogP contribution >= 0.6 is 0 Å². The van der Waals surface area contributed by atoms with E-state index >= 15 is 0 Å². The quantitative estimate of drug-likeness (QED) is 0.571. The summed E-state index contributed by atoms with van der Waals surface area (Å²) in [7, 11) is 1.21. The van der Waals surface area contributed by atoms with Crippen LogP contribution in [0.4, 0.5) is 0 Å². The molecule has 27 heavy (non-hydrogen) atoms. The molecule has 0 aliphatic heterocycles. The summed E-state index contributed by atoms with van der Waals surface area (Å²) in [4.78, 5) is 47.4. The third-order valence-electron chi connectivity index (χ3n) is 4.35. The van der Waals surface area contributed by atoms with Crippen molar-refractivity contribution >= 4 is 23.3 Å². The minimum Gasteiger partial charge on any atom is -0.469 e. The molecule has 0 unspecified atom stereocenters. The van der Waals surface area contributed by atoms with Crippen molar-refractivity contribution in [1.29, 1.82) is 0 Å². The van der Waals surface area contributed by atoms with Crippen LogP contribution < -0.4 is 0 Å². The standard InChI is InChI=1S/C15H24O5.C7H8/c1-5-11(16)8-15(14(19)20-4,9-12(17)6-2)10-13(18)7-3;1-7-5-3-2-4-6-7/h5-10H2,1-4H3;2-6H,1H3. The van der Waals surface area contributed by atoms with Crippen LogP contribution in [0.5, 0.6) is 0 Å². The Hall–Kier alpha value is -2.30. The monoisotopic (exact) mass is 376 g/mol. The number of aryl methyl sites for hydroxylation is 1. The molecular formula is C22H32O5. The second-order valence-corrected chi connectivity index (χ2v) is 6.63. The molecule has 0 N–H and O–H groups in total. The van der Waals surface area contributed by atoms with Gasteiger partial charge in [0, 0.05) is 38.5 Å². The maximum absolute atomic E-state index is 12.1. The van der Waals surface area contributed by atoms with Crippen LogP contribution in [-0.4, -0.2) is 30.4 Å². The van der Waals surface area contributed by atoms with Crippen molar-refractivity contribution in [2.24, 2.45) is 5.41 Å². The highest BCUT2D eigenvalue weighted by Crippen LogP contribution is 2.35. The maximum Gasteiger partial charge on any atom is 0.313 e. The molecule has 0 spiro atoms. The number of ketones is 3. The van der Waals surface area contributed by atoms with E-state index in [0.29, 0.717) is 0 Å². The second-order valence-electron chi connectivity index (χ2n) is 6.63. The van der Waals surface area contributed by atoms with E-state index in [1.54, 1.807) is 20.8 Å². The van der Waals surface area contributed by atoms with E-state index in [9.17, 15) is 19.2 Å². The molecule has 0 amide bonds. The Balaban J connectivity index is 0.000000797. The summed E-state index contributed by atoms with van der Waals surface area (Å²) in [5, 5.41) is 0. The van der Waals surface area contributed by atoms with Crippen LogP contribution in [0.25, 0.3) is 0 Å². The lowest BCUT2D eigenvalue weighted by Crippen LogP contribution is -2.39. The molecule has 0 heterocycles. The van der Waals surface area contributed by atoms with Gasteiger partial charge in [-0.3, -0.25) is 19.2 Å². The molecule has 0 radical (unpaired) electrons. The van der Waals surface area contributed by atoms with Gasteiger partial charge >= 0.3 is 5.97 Å². The van der Waals surface area contributed by atoms with Gasteiger partial charge in [-0.05, 0) is 6.92 Å². The maximum atomic E-state index is 12.1. The molecule has 0 atom stereocenters. The van der Waals surface area contributed by atoms with Crippen molar-refractivity contribution in [3.05, 3.63) is 35.9 Å². The van der Waals surface area contributed by atoms with Crippen molar-refractivity contribution in [2.45, 2.75) is 66.2 Å². The first-order valence-corrected chi connectivity index (χ1v) is 9.39. The summed E-state index contributed by atoms with van der Waals surface area (Å²) in [5.74, 6) is -1.10. The fourth-order valence-corrected chi connectivity index (χ4v) is 2.66. The Morgan fingerprint density at radius 1 is 0.778 bits per heavy atom. The van der Waals surface area contributed by atoms with Gasteiger partial charge in [0.05, 0.1) is 12.5 Å². The molecule has 0 aliphatic rings. The van der Waals surface area contributed by atoms with Crippen molar-refractivity contribution in [1.82, 2.24) is 0 Å². The average Bonchev–Trinajstić information content (AvgIpc) is 2.67. The number of benzene rings is 1. The van der Waals surface area contributed by atoms with Crippen molar-refractivity contribution < 1.29 is 23.9 Å². The van der Waals surface area contributed by atoms with Gasteiger partial charge < -0.3 is 4.74 Å². The van der Waals surface area contributed by atoms with E-state index in [-0.39, 0.29) is 55.9 Å². The van der Waals surface area contributed by atoms with E-state index in [2.05, 4.69) is 19.1 Å². The largest absolute Gasteiger partial charge is 0.469 e. The number of rotatable bonds is 10. The van der Waals surface area contributed by atoms with Gasteiger partial charge in [0.1, 0.15) is 17.3 Å². The highest BCUT2D eigenvalue weighted by Gasteiger charge is 2.44. The van der Waals surface area contributed by atoms with Gasteiger partial charge in [0.2, 0.25) is 0 Å². The Kier molecular flexibility index (Phi) is 11.9. The summed E-state index contributed by atoms with van der Waals surface area (Å²) in [6.45, 7) is 7.15. The SMILES string of the molecule is CCC(=O)CC(CC(=O)CC)(CC(=O)CC)C(=O)OC.Cc1ccccc1. The van der Waals surface area contributed by atoms with Crippen molar-refractivity contribution in [2.75, 3.05) is 7.11 Å². The normalized spacial score (nSPS) is 10.4. The predicted octanol–water partition coefficient (Wildman–Crippen LogP) is 4.25. The van der Waals surface area contributed by atoms with E-state index in [0.717, 1.165) is 0 Å². The third-order valence-corrected chi connectivity index (χ3v) is 4.35. The Labute approximate surface area is 162 Å². The van der Waals surface area contributed by atoms with Gasteiger partial charge in [-0.2, -0.15) is 0 Å². The molecule has 0 saturated heterocycles. The molecule has 0 fully saturated rings. The molecule has 0 saturated carbocycles. The molecule has 0 aromatic heterocycles. The summed E-state index contributed by atoms with van der Waals surface area (Å²) >= 11 is 0. The number of carbonyl (C=O) groups is 4. The number of hydrogen-bond acceptors (Lipinski definition) is 5. The zero-order valence-electron chi connectivity index (χ0n) is 17.2. The first-order valence-electron chi connectivity index (χ1n) is 9.39.